The quantitative estimate of drug-likeness (QED) is 0.146. The van der Waals surface area contributed by atoms with E-state index in [1.165, 1.54) is 131 Å². The van der Waals surface area contributed by atoms with Crippen LogP contribution in [0, 0.1) is 0 Å². The zero-order chi connectivity index (χ0) is 40.4. The average molecular weight is 741 g/mol. The summed E-state index contributed by atoms with van der Waals surface area (Å²) in [6.07, 6.45) is 0. The first-order valence-corrected chi connectivity index (χ1v) is 20.9. The lowest BCUT2D eigenvalue weighted by atomic mass is 9.59. The van der Waals surface area contributed by atoms with Crippen LogP contribution in [0.1, 0.15) is 0 Å². The Morgan fingerprint density at radius 3 is 1.27 bits per heavy atom. The predicted octanol–water partition coefficient (Wildman–Crippen LogP) is 0.420. The summed E-state index contributed by atoms with van der Waals surface area (Å²) < 4.78 is 7.02. The molecule has 0 aliphatic heterocycles. The Kier molecular flexibility index (Phi) is 8.02. The second-order valence-corrected chi connectivity index (χ2v) is 17.0. The molecule has 1 heterocycles. The molecule has 11 aromatic rings. The van der Waals surface area contributed by atoms with E-state index in [1.807, 2.05) is 0 Å². The van der Waals surface area contributed by atoms with Crippen LogP contribution in [0.5, 0.6) is 0 Å². The maximum absolute atomic E-state index is 7.02. The van der Waals surface area contributed by atoms with Crippen LogP contribution >= 0.6 is 0 Å². The summed E-state index contributed by atoms with van der Waals surface area (Å²) in [6, 6.07) is 49.2. The Hall–Kier alpha value is -6.18. The molecule has 59 heavy (non-hydrogen) atoms. The molecule has 268 valence electrons. The van der Waals surface area contributed by atoms with E-state index in [0.29, 0.717) is 0 Å². The predicted molar refractivity (Wildman–Crippen MR) is 283 cm³/mol. The Bertz CT molecular complexity index is 3570. The monoisotopic (exact) mass is 742 g/mol. The fourth-order valence-electron chi connectivity index (χ4n) is 10.5. The minimum absolute atomic E-state index is 0.921. The summed E-state index contributed by atoms with van der Waals surface area (Å²) >= 11 is 0. The van der Waals surface area contributed by atoms with Crippen molar-refractivity contribution in [2.75, 3.05) is 0 Å². The van der Waals surface area contributed by atoms with E-state index in [4.69, 9.17) is 4.42 Å². The molecule has 0 fully saturated rings. The van der Waals surface area contributed by atoms with Gasteiger partial charge in [-0.3, -0.25) is 0 Å². The molecule has 0 N–H and O–H groups in total. The van der Waals surface area contributed by atoms with Crippen LogP contribution in [-0.4, -0.2) is 62.8 Å². The number of benzene rings is 10. The van der Waals surface area contributed by atoms with E-state index >= 15 is 0 Å². The van der Waals surface area contributed by atoms with Gasteiger partial charge >= 0.3 is 0 Å². The van der Waals surface area contributed by atoms with Crippen molar-refractivity contribution < 1.29 is 4.42 Å². The van der Waals surface area contributed by atoms with Crippen LogP contribution in [0.2, 0.25) is 0 Å². The topological polar surface area (TPSA) is 13.1 Å². The van der Waals surface area contributed by atoms with Gasteiger partial charge in [-0.15, -0.1) is 21.9 Å². The van der Waals surface area contributed by atoms with Gasteiger partial charge in [-0.2, -0.15) is 0 Å². The van der Waals surface area contributed by atoms with E-state index in [-0.39, 0.29) is 0 Å². The van der Waals surface area contributed by atoms with E-state index in [1.54, 1.807) is 0 Å². The summed E-state index contributed by atoms with van der Waals surface area (Å²) in [5.41, 5.74) is 20.3. The zero-order valence-electron chi connectivity index (χ0n) is 35.1. The molecular formula is C50H38B8O. The van der Waals surface area contributed by atoms with Crippen LogP contribution in [0.15, 0.2) is 138 Å². The number of furan rings is 1. The van der Waals surface area contributed by atoms with Crippen LogP contribution in [0.25, 0.3) is 109 Å². The van der Waals surface area contributed by atoms with Gasteiger partial charge in [0.2, 0.25) is 0 Å². The first-order chi connectivity index (χ1) is 28.6. The van der Waals surface area contributed by atoms with Crippen molar-refractivity contribution in [3.63, 3.8) is 0 Å². The van der Waals surface area contributed by atoms with Gasteiger partial charge in [0.05, 0.1) is 0 Å². The number of hydrogen-bond acceptors (Lipinski definition) is 1. The molecule has 1 nitrogen and oxygen atoms in total. The van der Waals surface area contributed by atoms with Crippen molar-refractivity contribution in [1.82, 2.24) is 0 Å². The third-order valence-electron chi connectivity index (χ3n) is 14.2. The van der Waals surface area contributed by atoms with Crippen molar-refractivity contribution in [3.8, 4) is 33.4 Å². The molecule has 0 amide bonds. The molecule has 0 aliphatic rings. The SMILES string of the molecule is Bc1c(B)c(B)c2c(-c3ccc4c(c3)oc3c5ccccc5c5ccccc5c43)c3c(B)c(B)c(B)c(B)c3c(-c3ccc4cc(-c5ccccc5)ccc4c3)c2c1B. The van der Waals surface area contributed by atoms with E-state index in [9.17, 15) is 0 Å². The summed E-state index contributed by atoms with van der Waals surface area (Å²) in [5, 5.41) is 15.1. The molecule has 10 aromatic carbocycles. The van der Waals surface area contributed by atoms with Gasteiger partial charge in [0.15, 0.2) is 0 Å². The third-order valence-corrected chi connectivity index (χ3v) is 14.2. The fraction of sp³-hybridized carbons (Fsp3) is 0. The lowest BCUT2D eigenvalue weighted by Gasteiger charge is -2.28. The van der Waals surface area contributed by atoms with Gasteiger partial charge in [0, 0.05) is 16.2 Å². The highest BCUT2D eigenvalue weighted by molar-refractivity contribution is 6.71. The Morgan fingerprint density at radius 2 is 0.712 bits per heavy atom. The first kappa shape index (κ1) is 35.9. The van der Waals surface area contributed by atoms with Gasteiger partial charge in [-0.1, -0.05) is 131 Å². The maximum Gasteiger partial charge on any atom is 0.143 e. The molecule has 0 bridgehead atoms. The molecular weight excluding hydrogens is 703 g/mol. The zero-order valence-corrected chi connectivity index (χ0v) is 35.1. The van der Waals surface area contributed by atoms with E-state index < -0.39 is 0 Å². The second kappa shape index (κ2) is 13.2. The van der Waals surface area contributed by atoms with Gasteiger partial charge in [-0.05, 0) is 106 Å². The molecule has 0 atom stereocenters. The molecule has 9 heteroatoms. The molecule has 0 radical (unpaired) electrons. The van der Waals surface area contributed by atoms with Crippen molar-refractivity contribution in [3.05, 3.63) is 133 Å². The maximum atomic E-state index is 7.02. The molecule has 0 saturated carbocycles. The molecule has 0 unspecified atom stereocenters. The smallest absolute Gasteiger partial charge is 0.143 e. The fourth-order valence-corrected chi connectivity index (χ4v) is 10.5. The Balaban J connectivity index is 1.27. The largest absolute Gasteiger partial charge is 0.455 e. The second-order valence-electron chi connectivity index (χ2n) is 17.0. The van der Waals surface area contributed by atoms with E-state index in [2.05, 4.69) is 196 Å². The number of hydrogen-bond donors (Lipinski definition) is 0. The van der Waals surface area contributed by atoms with Crippen molar-refractivity contribution in [2.24, 2.45) is 0 Å². The molecule has 0 aliphatic carbocycles. The minimum Gasteiger partial charge on any atom is -0.455 e. The van der Waals surface area contributed by atoms with Gasteiger partial charge in [0.1, 0.15) is 73.9 Å². The lowest BCUT2D eigenvalue weighted by Crippen LogP contribution is -2.50. The Morgan fingerprint density at radius 1 is 0.288 bits per heavy atom. The number of fused-ring (bicyclic) bond motifs is 11. The molecule has 0 saturated heterocycles. The minimum atomic E-state index is 0.921. The molecule has 11 rings (SSSR count). The highest BCUT2D eigenvalue weighted by Gasteiger charge is 2.26. The summed E-state index contributed by atoms with van der Waals surface area (Å²) in [4.78, 5) is 0. The lowest BCUT2D eigenvalue weighted by molar-refractivity contribution is 0.673. The van der Waals surface area contributed by atoms with Gasteiger partial charge in [-0.25, -0.2) is 0 Å². The van der Waals surface area contributed by atoms with Crippen LogP contribution in [-0.2, 0) is 0 Å². The number of rotatable bonds is 3. The standard InChI is InChI=1S/C50H38B8O/c51-42-38-35(27-17-16-25-20-24(14-15-26(25)21-27)23-8-2-1-3-9-23)39-41(45(54)49(58)47(56)43(39)52)36(40(38)44(53)48(57)46(42)55)28-18-19-33-34(22-28)59-50-32-13-7-5-11-30(32)29-10-4-6-12-31(29)37(33)50/h1-22H,51-58H2. The van der Waals surface area contributed by atoms with Crippen molar-refractivity contribution in [1.29, 1.82) is 0 Å². The van der Waals surface area contributed by atoms with Crippen LogP contribution < -0.4 is 43.7 Å². The van der Waals surface area contributed by atoms with Gasteiger partial charge < -0.3 is 4.42 Å². The van der Waals surface area contributed by atoms with Crippen LogP contribution in [0.3, 0.4) is 0 Å². The Labute approximate surface area is 351 Å². The van der Waals surface area contributed by atoms with E-state index in [0.717, 1.165) is 21.9 Å². The summed E-state index contributed by atoms with van der Waals surface area (Å²) in [7, 11) is 18.6. The van der Waals surface area contributed by atoms with Gasteiger partial charge in [0.25, 0.3) is 0 Å². The first-order valence-electron chi connectivity index (χ1n) is 20.9. The highest BCUT2D eigenvalue weighted by Crippen LogP contribution is 2.45. The van der Waals surface area contributed by atoms with Crippen LogP contribution in [0.4, 0.5) is 0 Å². The average Bonchev–Trinajstić information content (AvgIpc) is 3.67. The third kappa shape index (κ3) is 5.10. The normalized spacial score (nSPS) is 11.9. The molecule has 1 aromatic heterocycles. The summed E-state index contributed by atoms with van der Waals surface area (Å²) in [6.45, 7) is 0. The highest BCUT2D eigenvalue weighted by atomic mass is 16.3. The summed E-state index contributed by atoms with van der Waals surface area (Å²) in [5.74, 6) is 0. The molecule has 0 spiro atoms. The van der Waals surface area contributed by atoms with Crippen molar-refractivity contribution in [2.45, 2.75) is 0 Å². The van der Waals surface area contributed by atoms with Crippen molar-refractivity contribution >= 4 is 182 Å².